The number of aromatic nitrogens is 2. The van der Waals surface area contributed by atoms with Crippen molar-refractivity contribution >= 4 is 44.5 Å². The van der Waals surface area contributed by atoms with Gasteiger partial charge in [0.2, 0.25) is 5.91 Å². The van der Waals surface area contributed by atoms with Crippen LogP contribution in [0.15, 0.2) is 77.5 Å². The number of aryl methyl sites for hydroxylation is 1. The van der Waals surface area contributed by atoms with Gasteiger partial charge in [0.05, 0.1) is 17.6 Å². The zero-order chi connectivity index (χ0) is 21.1. The lowest BCUT2D eigenvalue weighted by Gasteiger charge is -2.10. The van der Waals surface area contributed by atoms with Gasteiger partial charge in [-0.2, -0.15) is 0 Å². The van der Waals surface area contributed by atoms with Crippen LogP contribution in [-0.2, 0) is 4.79 Å². The lowest BCUT2D eigenvalue weighted by atomic mass is 10.2. The number of para-hydroxylation sites is 2. The molecule has 0 unspecified atom stereocenters. The summed E-state index contributed by atoms with van der Waals surface area (Å²) in [5.41, 5.74) is 4.95. The Morgan fingerprint density at radius 2 is 1.80 bits per heavy atom. The molecule has 2 amide bonds. The Balaban J connectivity index is 1.38. The minimum absolute atomic E-state index is 0.109. The minimum atomic E-state index is -0.306. The fourth-order valence-electron chi connectivity index (χ4n) is 3.16. The summed E-state index contributed by atoms with van der Waals surface area (Å²) in [5, 5.41) is 5.46. The zero-order valence-corrected chi connectivity index (χ0v) is 17.8. The topological polar surface area (TPSA) is 76.0 Å². The molecule has 150 valence electrons. The number of amides is 2. The van der Waals surface area contributed by atoms with Crippen LogP contribution in [0, 0.1) is 6.92 Å². The Hall–Kier alpha value is -3.45. The number of hydrogen-bond donors (Lipinski definition) is 2. The van der Waals surface area contributed by atoms with E-state index in [1.807, 2.05) is 66.1 Å². The number of nitrogens with zero attached hydrogens (tertiary/aromatic N) is 2. The first-order chi connectivity index (χ1) is 14.5. The van der Waals surface area contributed by atoms with Crippen LogP contribution in [0.2, 0.25) is 0 Å². The first-order valence-corrected chi connectivity index (χ1v) is 10.2. The van der Waals surface area contributed by atoms with Crippen molar-refractivity contribution in [1.29, 1.82) is 0 Å². The number of hydrogen-bond acceptors (Lipinski definition) is 3. The molecule has 0 spiro atoms. The maximum atomic E-state index is 12.4. The predicted octanol–water partition coefficient (Wildman–Crippen LogP) is 4.46. The lowest BCUT2D eigenvalue weighted by molar-refractivity contribution is -0.115. The molecular weight excluding hydrogens is 444 g/mol. The smallest absolute Gasteiger partial charge is 0.251 e. The number of benzene rings is 3. The molecule has 0 saturated heterocycles. The van der Waals surface area contributed by atoms with Gasteiger partial charge in [-0.05, 0) is 67.1 Å². The summed E-state index contributed by atoms with van der Waals surface area (Å²) >= 11 is 3.39. The van der Waals surface area contributed by atoms with Crippen molar-refractivity contribution in [3.05, 3.63) is 88.7 Å². The Bertz CT molecular complexity index is 1230. The number of anilines is 1. The molecule has 30 heavy (non-hydrogen) atoms. The molecule has 0 aliphatic carbocycles. The number of carbonyl (C=O) groups excluding carboxylic acids is 2. The van der Waals surface area contributed by atoms with Gasteiger partial charge in [-0.3, -0.25) is 14.2 Å². The SMILES string of the molecule is Cc1cc(Br)ccc1NC(=O)CNC(=O)c1ccc(-n2cnc3ccccc32)cc1. The molecule has 0 aliphatic rings. The van der Waals surface area contributed by atoms with Gasteiger partial charge >= 0.3 is 0 Å². The predicted molar refractivity (Wildman–Crippen MR) is 121 cm³/mol. The average Bonchev–Trinajstić information content (AvgIpc) is 3.18. The van der Waals surface area contributed by atoms with Crippen molar-refractivity contribution in [2.75, 3.05) is 11.9 Å². The molecule has 3 aromatic carbocycles. The van der Waals surface area contributed by atoms with Crippen molar-refractivity contribution in [3.8, 4) is 5.69 Å². The molecule has 7 heteroatoms. The molecule has 0 saturated carbocycles. The summed E-state index contributed by atoms with van der Waals surface area (Å²) < 4.78 is 2.91. The summed E-state index contributed by atoms with van der Waals surface area (Å²) in [7, 11) is 0. The van der Waals surface area contributed by atoms with Crippen LogP contribution in [0.1, 0.15) is 15.9 Å². The molecule has 0 aliphatic heterocycles. The number of fused-ring (bicyclic) bond motifs is 1. The highest BCUT2D eigenvalue weighted by Gasteiger charge is 2.10. The number of nitrogens with one attached hydrogen (secondary N) is 2. The van der Waals surface area contributed by atoms with Crippen LogP contribution < -0.4 is 10.6 Å². The van der Waals surface area contributed by atoms with Crippen molar-refractivity contribution < 1.29 is 9.59 Å². The number of carbonyl (C=O) groups is 2. The first-order valence-electron chi connectivity index (χ1n) is 9.38. The highest BCUT2D eigenvalue weighted by atomic mass is 79.9. The molecule has 0 radical (unpaired) electrons. The summed E-state index contributed by atoms with van der Waals surface area (Å²) in [6.07, 6.45) is 1.76. The second kappa shape index (κ2) is 8.51. The summed E-state index contributed by atoms with van der Waals surface area (Å²) in [6, 6.07) is 20.6. The van der Waals surface area contributed by atoms with Gasteiger partial charge in [0.1, 0.15) is 6.33 Å². The summed E-state index contributed by atoms with van der Waals surface area (Å²) in [4.78, 5) is 29.0. The van der Waals surface area contributed by atoms with E-state index in [1.165, 1.54) is 0 Å². The van der Waals surface area contributed by atoms with Crippen molar-refractivity contribution in [2.45, 2.75) is 6.92 Å². The van der Waals surface area contributed by atoms with E-state index in [2.05, 4.69) is 31.5 Å². The van der Waals surface area contributed by atoms with E-state index < -0.39 is 0 Å². The van der Waals surface area contributed by atoms with E-state index in [1.54, 1.807) is 18.5 Å². The molecule has 4 aromatic rings. The highest BCUT2D eigenvalue weighted by Crippen LogP contribution is 2.20. The van der Waals surface area contributed by atoms with Crippen molar-refractivity contribution in [2.24, 2.45) is 0 Å². The Labute approximate surface area is 182 Å². The first kappa shape index (κ1) is 19.8. The third-order valence-corrected chi connectivity index (χ3v) is 5.23. The van der Waals surface area contributed by atoms with E-state index in [-0.39, 0.29) is 18.4 Å². The maximum absolute atomic E-state index is 12.4. The Morgan fingerprint density at radius 1 is 1.03 bits per heavy atom. The van der Waals surface area contributed by atoms with E-state index >= 15 is 0 Å². The molecule has 2 N–H and O–H groups in total. The number of halogens is 1. The van der Waals surface area contributed by atoms with Gasteiger partial charge in [0.15, 0.2) is 0 Å². The molecule has 1 heterocycles. The largest absolute Gasteiger partial charge is 0.343 e. The van der Waals surface area contributed by atoms with Crippen molar-refractivity contribution in [3.63, 3.8) is 0 Å². The molecule has 6 nitrogen and oxygen atoms in total. The van der Waals surface area contributed by atoms with Crippen LogP contribution in [-0.4, -0.2) is 27.9 Å². The van der Waals surface area contributed by atoms with Crippen molar-refractivity contribution in [1.82, 2.24) is 14.9 Å². The van der Waals surface area contributed by atoms with Gasteiger partial charge in [-0.25, -0.2) is 4.98 Å². The van der Waals surface area contributed by atoms with E-state index in [4.69, 9.17) is 0 Å². The molecular formula is C23H19BrN4O2. The third-order valence-electron chi connectivity index (χ3n) is 4.73. The van der Waals surface area contributed by atoms with Gasteiger partial charge in [0.25, 0.3) is 5.91 Å². The second-order valence-corrected chi connectivity index (χ2v) is 7.76. The fourth-order valence-corrected chi connectivity index (χ4v) is 3.64. The average molecular weight is 463 g/mol. The van der Waals surface area contributed by atoms with Crippen LogP contribution in [0.5, 0.6) is 0 Å². The van der Waals surface area contributed by atoms with E-state index in [0.29, 0.717) is 5.56 Å². The number of rotatable bonds is 5. The van der Waals surface area contributed by atoms with Gasteiger partial charge < -0.3 is 10.6 Å². The third kappa shape index (κ3) is 4.26. The maximum Gasteiger partial charge on any atom is 0.251 e. The zero-order valence-electron chi connectivity index (χ0n) is 16.2. The molecule has 0 atom stereocenters. The Kier molecular flexibility index (Phi) is 5.63. The minimum Gasteiger partial charge on any atom is -0.343 e. The van der Waals surface area contributed by atoms with Gasteiger partial charge in [-0.1, -0.05) is 28.1 Å². The standard InChI is InChI=1S/C23H19BrN4O2/c1-15-12-17(24)8-11-19(15)27-22(29)13-25-23(30)16-6-9-18(10-7-16)28-14-26-20-4-2-3-5-21(20)28/h2-12,14H,13H2,1H3,(H,25,30)(H,27,29). The molecule has 0 fully saturated rings. The van der Waals surface area contributed by atoms with Crippen LogP contribution in [0.25, 0.3) is 16.7 Å². The molecule has 0 bridgehead atoms. The van der Waals surface area contributed by atoms with E-state index in [0.717, 1.165) is 32.4 Å². The molecule has 1 aromatic heterocycles. The number of imidazole rings is 1. The van der Waals surface area contributed by atoms with Gasteiger partial charge in [-0.15, -0.1) is 0 Å². The quantitative estimate of drug-likeness (QED) is 0.459. The summed E-state index contributed by atoms with van der Waals surface area (Å²) in [6.45, 7) is 1.80. The summed E-state index contributed by atoms with van der Waals surface area (Å²) in [5.74, 6) is -0.588. The fraction of sp³-hybridized carbons (Fsp3) is 0.0870. The van der Waals surface area contributed by atoms with Crippen LogP contribution in [0.4, 0.5) is 5.69 Å². The van der Waals surface area contributed by atoms with Crippen LogP contribution in [0.3, 0.4) is 0 Å². The normalized spacial score (nSPS) is 10.7. The Morgan fingerprint density at radius 3 is 2.57 bits per heavy atom. The molecule has 4 rings (SSSR count). The van der Waals surface area contributed by atoms with E-state index in [9.17, 15) is 9.59 Å². The monoisotopic (exact) mass is 462 g/mol. The highest BCUT2D eigenvalue weighted by molar-refractivity contribution is 9.10. The van der Waals surface area contributed by atoms with Crippen LogP contribution >= 0.6 is 15.9 Å². The second-order valence-electron chi connectivity index (χ2n) is 6.84. The lowest BCUT2D eigenvalue weighted by Crippen LogP contribution is -2.33. The van der Waals surface area contributed by atoms with Gasteiger partial charge in [0, 0.05) is 21.4 Å².